The Morgan fingerprint density at radius 1 is 1.00 bits per heavy atom. The van der Waals surface area contributed by atoms with Crippen molar-refractivity contribution >= 4 is 46.9 Å². The Hall–Kier alpha value is -2.16. The van der Waals surface area contributed by atoms with Crippen LogP contribution in [0.3, 0.4) is 0 Å². The summed E-state index contributed by atoms with van der Waals surface area (Å²) in [4.78, 5) is 2.94. The summed E-state index contributed by atoms with van der Waals surface area (Å²) in [6.07, 6.45) is 0.230. The summed E-state index contributed by atoms with van der Waals surface area (Å²) in [7, 11) is -6.19. The van der Waals surface area contributed by atoms with Crippen molar-refractivity contribution < 1.29 is 26.3 Å². The zero-order valence-electron chi connectivity index (χ0n) is 17.1. The predicted molar refractivity (Wildman–Crippen MR) is 124 cm³/mol. The maximum Gasteiger partial charge on any atom is 0.246 e. The number of H-pyrrole nitrogens is 1. The normalized spacial score (nSPS) is 12.2. The van der Waals surface area contributed by atoms with E-state index in [9.17, 15) is 16.8 Å². The molecule has 32 heavy (non-hydrogen) atoms. The molecule has 0 saturated heterocycles. The van der Waals surface area contributed by atoms with Crippen molar-refractivity contribution in [3.05, 3.63) is 46.9 Å². The van der Waals surface area contributed by atoms with Gasteiger partial charge in [0.2, 0.25) is 25.9 Å². The van der Waals surface area contributed by atoms with Gasteiger partial charge in [0.1, 0.15) is 12.5 Å². The molecule has 174 valence electrons. The zero-order chi connectivity index (χ0) is 23.4. The van der Waals surface area contributed by atoms with Crippen molar-refractivity contribution in [2.24, 2.45) is 5.73 Å². The van der Waals surface area contributed by atoms with Gasteiger partial charge < -0.3 is 14.5 Å². The molecule has 0 aliphatic carbocycles. The van der Waals surface area contributed by atoms with Crippen molar-refractivity contribution in [2.45, 2.75) is 16.2 Å². The Bertz CT molecular complexity index is 1290. The van der Waals surface area contributed by atoms with Crippen LogP contribution >= 0.6 is 15.9 Å². The van der Waals surface area contributed by atoms with E-state index in [-0.39, 0.29) is 41.9 Å². The first-order valence-corrected chi connectivity index (χ1v) is 13.2. The number of sulfonamides is 2. The topological polar surface area (TPSA) is 153 Å². The number of ether oxygens (including phenoxy) is 2. The zero-order valence-corrected chi connectivity index (χ0v) is 20.3. The predicted octanol–water partition coefficient (Wildman–Crippen LogP) is 1.88. The minimum absolute atomic E-state index is 0.0101. The van der Waals surface area contributed by atoms with E-state index in [1.165, 1.54) is 19.2 Å². The lowest BCUT2D eigenvalue weighted by Gasteiger charge is -2.10. The molecule has 0 spiro atoms. The quantitative estimate of drug-likeness (QED) is 0.211. The van der Waals surface area contributed by atoms with Gasteiger partial charge in [-0.25, -0.2) is 26.3 Å². The molecule has 0 amide bonds. The van der Waals surface area contributed by atoms with Gasteiger partial charge in [-0.3, -0.25) is 5.73 Å². The third-order valence-corrected chi connectivity index (χ3v) is 7.98. The summed E-state index contributed by atoms with van der Waals surface area (Å²) in [5.74, 6) is 0.578. The van der Waals surface area contributed by atoms with Crippen LogP contribution in [-0.4, -0.2) is 48.7 Å². The summed E-state index contributed by atoms with van der Waals surface area (Å²) >= 11 is 3.33. The second kappa shape index (κ2) is 10.2. The van der Waals surface area contributed by atoms with Crippen LogP contribution < -0.4 is 24.7 Å². The molecule has 0 fully saturated rings. The van der Waals surface area contributed by atoms with Gasteiger partial charge in [-0.1, -0.05) is 15.9 Å². The fourth-order valence-corrected chi connectivity index (χ4v) is 5.78. The molecular formula is C19H23BrN4O6S2. The van der Waals surface area contributed by atoms with Crippen LogP contribution in [0.2, 0.25) is 0 Å². The van der Waals surface area contributed by atoms with Gasteiger partial charge in [0.05, 0.1) is 12.0 Å². The largest absolute Gasteiger partial charge is 0.497 e. The molecule has 1 heterocycles. The lowest BCUT2D eigenvalue weighted by Crippen LogP contribution is -2.30. The molecule has 2 aromatic carbocycles. The number of fused-ring (bicyclic) bond motifs is 1. The molecule has 0 aliphatic heterocycles. The number of hydrogen-bond acceptors (Lipinski definition) is 7. The summed E-state index contributed by atoms with van der Waals surface area (Å²) in [6, 6.07) is 11.1. The highest BCUT2D eigenvalue weighted by Crippen LogP contribution is 2.33. The average Bonchev–Trinajstić information content (AvgIpc) is 3.11. The molecule has 0 aliphatic rings. The number of nitrogens with one attached hydrogen (secondary N) is 3. The summed E-state index contributed by atoms with van der Waals surface area (Å²) < 4.78 is 66.5. The van der Waals surface area contributed by atoms with Gasteiger partial charge in [0.15, 0.2) is 4.90 Å². The Morgan fingerprint density at radius 3 is 2.28 bits per heavy atom. The lowest BCUT2D eigenvalue weighted by atomic mass is 10.2. The molecule has 0 bridgehead atoms. The van der Waals surface area contributed by atoms with E-state index >= 15 is 0 Å². The van der Waals surface area contributed by atoms with Gasteiger partial charge in [-0.2, -0.15) is 0 Å². The average molecular weight is 547 g/mol. The van der Waals surface area contributed by atoms with E-state index in [2.05, 4.69) is 30.4 Å². The van der Waals surface area contributed by atoms with Crippen molar-refractivity contribution in [2.75, 3.05) is 26.9 Å². The van der Waals surface area contributed by atoms with E-state index in [1.807, 2.05) is 0 Å². The monoisotopic (exact) mass is 546 g/mol. The highest BCUT2D eigenvalue weighted by molar-refractivity contribution is 9.10. The van der Waals surface area contributed by atoms with Gasteiger partial charge in [-0.15, -0.1) is 0 Å². The summed E-state index contributed by atoms with van der Waals surface area (Å²) in [5.41, 5.74) is 6.00. The van der Waals surface area contributed by atoms with Crippen LogP contribution in [0, 0.1) is 0 Å². The van der Waals surface area contributed by atoms with Crippen molar-refractivity contribution in [1.82, 2.24) is 14.4 Å². The Labute approximate surface area is 194 Å². The van der Waals surface area contributed by atoms with E-state index < -0.39 is 20.0 Å². The molecule has 13 heteroatoms. The second-order valence-corrected chi connectivity index (χ2v) is 11.0. The van der Waals surface area contributed by atoms with Gasteiger partial charge in [-0.05, 0) is 48.9 Å². The number of aromatic nitrogens is 1. The Morgan fingerprint density at radius 2 is 1.66 bits per heavy atom. The van der Waals surface area contributed by atoms with E-state index in [1.54, 1.807) is 30.3 Å². The number of nitrogens with two attached hydrogens (primary N) is 1. The fraction of sp³-hybridized carbons (Fsp3) is 0.263. The van der Waals surface area contributed by atoms with E-state index in [0.717, 1.165) is 0 Å². The molecule has 3 aromatic rings. The Kier molecular flexibility index (Phi) is 7.79. The molecule has 0 unspecified atom stereocenters. The minimum atomic E-state index is -3.96. The van der Waals surface area contributed by atoms with Gasteiger partial charge in [0.25, 0.3) is 0 Å². The molecule has 1 aromatic heterocycles. The molecule has 3 rings (SSSR count). The highest BCUT2D eigenvalue weighted by atomic mass is 79.9. The van der Waals surface area contributed by atoms with Crippen LogP contribution in [0.5, 0.6) is 11.6 Å². The highest BCUT2D eigenvalue weighted by Gasteiger charge is 2.25. The molecule has 0 saturated carbocycles. The summed E-state index contributed by atoms with van der Waals surface area (Å²) in [6.45, 7) is -0.150. The minimum Gasteiger partial charge on any atom is -0.497 e. The maximum absolute atomic E-state index is 12.9. The summed E-state index contributed by atoms with van der Waals surface area (Å²) in [5, 5.41) is 0.440. The standard InChI is InChI=1S/C19H23BrN4O6S2/c1-29-14-4-6-15(7-5-14)31(25,26)22-9-2-10-23-32(27,28)18-16-11-13(20)3-8-17(16)24-19(18)30-12-21/h3-8,11,22-24H,2,9-10,12,21H2,1H3. The van der Waals surface area contributed by atoms with Crippen LogP contribution in [0.15, 0.2) is 56.7 Å². The smallest absolute Gasteiger partial charge is 0.246 e. The second-order valence-electron chi connectivity index (χ2n) is 6.61. The first kappa shape index (κ1) is 24.5. The third-order valence-electron chi connectivity index (χ3n) is 4.48. The number of aromatic amines is 1. The first-order valence-electron chi connectivity index (χ1n) is 9.45. The van der Waals surface area contributed by atoms with Crippen LogP contribution in [0.25, 0.3) is 10.9 Å². The number of benzene rings is 2. The van der Waals surface area contributed by atoms with Crippen molar-refractivity contribution in [3.63, 3.8) is 0 Å². The van der Waals surface area contributed by atoms with Gasteiger partial charge >= 0.3 is 0 Å². The number of rotatable bonds is 11. The molecule has 0 atom stereocenters. The molecular weight excluding hydrogens is 524 g/mol. The van der Waals surface area contributed by atoms with Crippen molar-refractivity contribution in [1.29, 1.82) is 0 Å². The lowest BCUT2D eigenvalue weighted by molar-refractivity contribution is 0.311. The molecule has 10 nitrogen and oxygen atoms in total. The maximum atomic E-state index is 12.9. The molecule has 0 radical (unpaired) electrons. The van der Waals surface area contributed by atoms with Crippen LogP contribution in [-0.2, 0) is 20.0 Å². The molecule has 5 N–H and O–H groups in total. The third kappa shape index (κ3) is 5.60. The SMILES string of the molecule is COc1ccc(S(=O)(=O)NCCCNS(=O)(=O)c2c(OCN)[nH]c3ccc(Br)cc23)cc1. The number of methoxy groups -OCH3 is 1. The fourth-order valence-electron chi connectivity index (χ4n) is 2.98. The number of hydrogen-bond donors (Lipinski definition) is 4. The van der Waals surface area contributed by atoms with Crippen LogP contribution in [0.1, 0.15) is 6.42 Å². The number of halogens is 1. The Balaban J connectivity index is 1.64. The van der Waals surface area contributed by atoms with Gasteiger partial charge in [0, 0.05) is 28.5 Å². The van der Waals surface area contributed by atoms with E-state index in [0.29, 0.717) is 21.1 Å². The first-order chi connectivity index (χ1) is 15.2. The van der Waals surface area contributed by atoms with E-state index in [4.69, 9.17) is 15.2 Å². The van der Waals surface area contributed by atoms with Crippen LogP contribution in [0.4, 0.5) is 0 Å². The van der Waals surface area contributed by atoms with Crippen molar-refractivity contribution in [3.8, 4) is 11.6 Å².